The summed E-state index contributed by atoms with van der Waals surface area (Å²) >= 11 is 10.3. The van der Waals surface area contributed by atoms with Crippen LogP contribution in [0.2, 0.25) is 5.02 Å². The highest BCUT2D eigenvalue weighted by molar-refractivity contribution is 8.03. The zero-order chi connectivity index (χ0) is 17.8. The molecule has 0 saturated carbocycles. The average molecular weight is 412 g/mol. The third-order valence-corrected chi connectivity index (χ3v) is 6.46. The van der Waals surface area contributed by atoms with Gasteiger partial charge in [0.25, 0.3) is 0 Å². The number of hydrogen-bond donors (Lipinski definition) is 1. The lowest BCUT2D eigenvalue weighted by Crippen LogP contribution is -2.16. The largest absolute Gasteiger partial charge is 0.310 e. The van der Waals surface area contributed by atoms with Gasteiger partial charge in [0.2, 0.25) is 5.91 Å². The minimum absolute atomic E-state index is 0.114. The molecule has 0 spiro atoms. The zero-order valence-electron chi connectivity index (χ0n) is 13.4. The van der Waals surface area contributed by atoms with E-state index in [4.69, 9.17) is 11.6 Å². The van der Waals surface area contributed by atoms with Crippen LogP contribution in [0.25, 0.3) is 11.3 Å². The molecule has 3 rings (SSSR count). The third kappa shape index (κ3) is 4.75. The number of rotatable bonds is 6. The number of nitrogens with one attached hydrogen (secondary N) is 1. The van der Waals surface area contributed by atoms with Crippen LogP contribution in [-0.2, 0) is 11.8 Å². The smallest absolute Gasteiger partial charge is 0.235 e. The normalized spacial score (nSPS) is 10.8. The van der Waals surface area contributed by atoms with Crippen molar-refractivity contribution in [3.05, 3.63) is 35.4 Å². The van der Waals surface area contributed by atoms with Crippen molar-refractivity contribution >= 4 is 58.2 Å². The Balaban J connectivity index is 1.62. The Morgan fingerprint density at radius 1 is 1.28 bits per heavy atom. The summed E-state index contributed by atoms with van der Waals surface area (Å²) in [6.45, 7) is 0. The lowest BCUT2D eigenvalue weighted by atomic mass is 10.1. The quantitative estimate of drug-likeness (QED) is 0.617. The number of aromatic nitrogens is 4. The number of amides is 1. The SMILES string of the molecule is CSc1nnc(SCC(=O)Nc2cc(-c3ccc(Cl)cc3)nn2C)s1. The Hall–Kier alpha value is -1.55. The van der Waals surface area contributed by atoms with Gasteiger partial charge in [-0.05, 0) is 18.4 Å². The highest BCUT2D eigenvalue weighted by atomic mass is 35.5. The van der Waals surface area contributed by atoms with Crippen LogP contribution in [0.1, 0.15) is 0 Å². The van der Waals surface area contributed by atoms with Crippen LogP contribution in [0.15, 0.2) is 39.0 Å². The fraction of sp³-hybridized carbons (Fsp3) is 0.200. The summed E-state index contributed by atoms with van der Waals surface area (Å²) in [5, 5.41) is 16.0. The maximum atomic E-state index is 12.2. The number of hydrogen-bond acceptors (Lipinski definition) is 7. The van der Waals surface area contributed by atoms with Gasteiger partial charge in [0, 0.05) is 23.7 Å². The molecule has 0 aliphatic rings. The predicted molar refractivity (Wildman–Crippen MR) is 105 cm³/mol. The summed E-state index contributed by atoms with van der Waals surface area (Å²) in [5.41, 5.74) is 1.71. The van der Waals surface area contributed by atoms with Crippen molar-refractivity contribution in [3.63, 3.8) is 0 Å². The van der Waals surface area contributed by atoms with Crippen molar-refractivity contribution in [2.75, 3.05) is 17.3 Å². The van der Waals surface area contributed by atoms with Gasteiger partial charge in [-0.3, -0.25) is 9.48 Å². The third-order valence-electron chi connectivity index (χ3n) is 3.18. The Morgan fingerprint density at radius 2 is 2.00 bits per heavy atom. The van der Waals surface area contributed by atoms with Crippen LogP contribution < -0.4 is 5.32 Å². The first-order valence-corrected chi connectivity index (χ1v) is 10.6. The van der Waals surface area contributed by atoms with E-state index < -0.39 is 0 Å². The van der Waals surface area contributed by atoms with Gasteiger partial charge in [-0.15, -0.1) is 10.2 Å². The second kappa shape index (κ2) is 8.22. The van der Waals surface area contributed by atoms with Gasteiger partial charge in [-0.1, -0.05) is 58.6 Å². The number of nitrogens with zero attached hydrogens (tertiary/aromatic N) is 4. The zero-order valence-corrected chi connectivity index (χ0v) is 16.6. The summed E-state index contributed by atoms with van der Waals surface area (Å²) in [5.74, 6) is 0.791. The second-order valence-electron chi connectivity index (χ2n) is 4.92. The first-order valence-electron chi connectivity index (χ1n) is 7.15. The monoisotopic (exact) mass is 411 g/mol. The first kappa shape index (κ1) is 18.2. The van der Waals surface area contributed by atoms with Crippen molar-refractivity contribution in [2.24, 2.45) is 7.05 Å². The Kier molecular flexibility index (Phi) is 6.00. The van der Waals surface area contributed by atoms with Crippen molar-refractivity contribution in [2.45, 2.75) is 8.68 Å². The van der Waals surface area contributed by atoms with E-state index in [1.807, 2.05) is 36.6 Å². The van der Waals surface area contributed by atoms with Crippen LogP contribution in [0.3, 0.4) is 0 Å². The number of anilines is 1. The van der Waals surface area contributed by atoms with E-state index in [9.17, 15) is 4.79 Å². The Labute approximate surface area is 162 Å². The van der Waals surface area contributed by atoms with Crippen molar-refractivity contribution in [1.29, 1.82) is 0 Å². The van der Waals surface area contributed by atoms with Crippen molar-refractivity contribution < 1.29 is 4.79 Å². The number of aryl methyl sites for hydroxylation is 1. The standard InChI is InChI=1S/C15H14ClN5OS3/c1-21-12(7-11(20-21)9-3-5-10(16)6-4-9)17-13(22)8-24-15-19-18-14(23-2)25-15/h3-7H,8H2,1-2H3,(H,17,22). The number of carbonyl (C=O) groups excluding carboxylic acids is 1. The van der Waals surface area contributed by atoms with Crippen LogP contribution in [0, 0.1) is 0 Å². The highest BCUT2D eigenvalue weighted by Crippen LogP contribution is 2.27. The van der Waals surface area contributed by atoms with Crippen LogP contribution in [0.5, 0.6) is 0 Å². The number of thioether (sulfide) groups is 2. The van der Waals surface area contributed by atoms with E-state index >= 15 is 0 Å². The molecule has 0 atom stereocenters. The maximum absolute atomic E-state index is 12.2. The van der Waals surface area contributed by atoms with Crippen LogP contribution >= 0.6 is 46.5 Å². The lowest BCUT2D eigenvalue weighted by molar-refractivity contribution is -0.113. The summed E-state index contributed by atoms with van der Waals surface area (Å²) < 4.78 is 3.32. The molecule has 25 heavy (non-hydrogen) atoms. The van der Waals surface area contributed by atoms with E-state index in [2.05, 4.69) is 20.6 Å². The van der Waals surface area contributed by atoms with Gasteiger partial charge < -0.3 is 5.32 Å². The van der Waals surface area contributed by atoms with Gasteiger partial charge in [0.1, 0.15) is 5.82 Å². The van der Waals surface area contributed by atoms with Gasteiger partial charge in [-0.2, -0.15) is 5.10 Å². The molecule has 10 heteroatoms. The van der Waals surface area contributed by atoms with Gasteiger partial charge in [0.15, 0.2) is 8.68 Å². The molecule has 0 bridgehead atoms. The maximum Gasteiger partial charge on any atom is 0.235 e. The Morgan fingerprint density at radius 3 is 2.68 bits per heavy atom. The molecule has 0 unspecified atom stereocenters. The minimum Gasteiger partial charge on any atom is -0.310 e. The molecule has 2 aromatic heterocycles. The molecule has 2 heterocycles. The second-order valence-corrected chi connectivity index (χ2v) is 8.61. The first-order chi connectivity index (χ1) is 12.0. The number of carbonyl (C=O) groups is 1. The fourth-order valence-electron chi connectivity index (χ4n) is 1.99. The highest BCUT2D eigenvalue weighted by Gasteiger charge is 2.12. The van der Waals surface area contributed by atoms with E-state index in [0.29, 0.717) is 10.8 Å². The molecule has 1 N–H and O–H groups in total. The molecule has 0 aliphatic carbocycles. The minimum atomic E-state index is -0.114. The molecule has 6 nitrogen and oxygen atoms in total. The molecule has 0 aliphatic heterocycles. The Bertz CT molecular complexity index is 878. The topological polar surface area (TPSA) is 72.7 Å². The number of benzene rings is 1. The van der Waals surface area contributed by atoms with Gasteiger partial charge >= 0.3 is 0 Å². The molecule has 3 aromatic rings. The summed E-state index contributed by atoms with van der Waals surface area (Å²) in [6.07, 6.45) is 1.95. The van der Waals surface area contributed by atoms with Crippen LogP contribution in [-0.4, -0.2) is 37.9 Å². The molecule has 0 radical (unpaired) electrons. The van der Waals surface area contributed by atoms with E-state index in [0.717, 1.165) is 19.9 Å². The summed E-state index contributed by atoms with van der Waals surface area (Å²) in [6, 6.07) is 9.25. The molecule has 1 amide bonds. The van der Waals surface area contributed by atoms with E-state index in [-0.39, 0.29) is 11.7 Å². The summed E-state index contributed by atoms with van der Waals surface area (Å²) in [7, 11) is 1.79. The molecule has 0 saturated heterocycles. The predicted octanol–water partition coefficient (Wildman–Crippen LogP) is 4.04. The van der Waals surface area contributed by atoms with Crippen LogP contribution in [0.4, 0.5) is 5.82 Å². The lowest BCUT2D eigenvalue weighted by Gasteiger charge is -2.03. The number of halogens is 1. The molecule has 0 fully saturated rings. The van der Waals surface area contributed by atoms with E-state index in [1.54, 1.807) is 23.5 Å². The molecule has 130 valence electrons. The van der Waals surface area contributed by atoms with Gasteiger partial charge in [0.05, 0.1) is 11.4 Å². The van der Waals surface area contributed by atoms with Gasteiger partial charge in [-0.25, -0.2) is 0 Å². The fourth-order valence-corrected chi connectivity index (χ4v) is 4.35. The summed E-state index contributed by atoms with van der Waals surface area (Å²) in [4.78, 5) is 12.2. The van der Waals surface area contributed by atoms with Crippen molar-refractivity contribution in [3.8, 4) is 11.3 Å². The molecule has 1 aromatic carbocycles. The molecular weight excluding hydrogens is 398 g/mol. The molecular formula is C15H14ClN5OS3. The van der Waals surface area contributed by atoms with E-state index in [1.165, 1.54) is 23.1 Å². The van der Waals surface area contributed by atoms with Crippen molar-refractivity contribution in [1.82, 2.24) is 20.0 Å². The average Bonchev–Trinajstić information content (AvgIpc) is 3.21.